The van der Waals surface area contributed by atoms with Gasteiger partial charge in [0.1, 0.15) is 5.03 Å². The van der Waals surface area contributed by atoms with Crippen molar-refractivity contribution >= 4 is 17.4 Å². The Balaban J connectivity index is 2.93. The van der Waals surface area contributed by atoms with Crippen LogP contribution >= 0.6 is 0 Å². The van der Waals surface area contributed by atoms with Gasteiger partial charge in [0.25, 0.3) is 17.4 Å². The van der Waals surface area contributed by atoms with Gasteiger partial charge in [0.05, 0.1) is 0 Å². The van der Waals surface area contributed by atoms with Crippen molar-refractivity contribution in [1.29, 1.82) is 0 Å². The summed E-state index contributed by atoms with van der Waals surface area (Å²) in [6, 6.07) is 0. The van der Waals surface area contributed by atoms with Crippen LogP contribution in [0, 0.1) is 0 Å². The lowest BCUT2D eigenvalue weighted by Gasteiger charge is -2.07. The largest absolute Gasteiger partial charge is 0.417 e. The molecule has 0 atom stereocenters. The van der Waals surface area contributed by atoms with Gasteiger partial charge in [-0.3, -0.25) is 0 Å². The van der Waals surface area contributed by atoms with Crippen LogP contribution in [-0.2, 0) is 10.0 Å². The Kier molecular flexibility index (Phi) is 1.82. The van der Waals surface area contributed by atoms with Gasteiger partial charge in [-0.2, -0.15) is 0 Å². The first-order valence-electron chi connectivity index (χ1n) is 2.74. The number of hydrogen-bond acceptors (Lipinski definition) is 3. The average molecular weight is 158 g/mol. The molecule has 54 valence electrons. The highest BCUT2D eigenvalue weighted by atomic mass is 32.2. The van der Waals surface area contributed by atoms with Crippen molar-refractivity contribution < 1.29 is 8.42 Å². The molecule has 0 aromatic heterocycles. The van der Waals surface area contributed by atoms with Crippen LogP contribution in [0.1, 0.15) is 0 Å². The number of rotatable bonds is 1. The van der Waals surface area contributed by atoms with Crippen molar-refractivity contribution in [1.82, 2.24) is 5.23 Å². The minimum atomic E-state index is -3.53. The summed E-state index contributed by atoms with van der Waals surface area (Å²) in [6.07, 6.45) is 3.08. The summed E-state index contributed by atoms with van der Waals surface area (Å²) in [5.41, 5.74) is 0. The number of sulfonamides is 1. The zero-order valence-electron chi connectivity index (χ0n) is 5.24. The molecule has 1 aliphatic rings. The number of nitrogens with one attached hydrogen (secondary N) is 1. The summed E-state index contributed by atoms with van der Waals surface area (Å²) < 4.78 is 21.2. The quantitative estimate of drug-likeness (QED) is 0.460. The van der Waals surface area contributed by atoms with Crippen LogP contribution in [0.2, 0.25) is 0 Å². The zero-order chi connectivity index (χ0) is 7.61. The maximum absolute atomic E-state index is 10.6. The highest BCUT2D eigenvalue weighted by Crippen LogP contribution is 1.99. The molecular formula is C4H7BN2O2S. The Morgan fingerprint density at radius 3 is 2.60 bits per heavy atom. The molecule has 4 nitrogen and oxygen atoms in total. The van der Waals surface area contributed by atoms with Gasteiger partial charge >= 0.3 is 0 Å². The molecule has 0 unspecified atom stereocenters. The average Bonchev–Trinajstić information content (AvgIpc) is 1.88. The zero-order valence-corrected chi connectivity index (χ0v) is 6.06. The molecule has 0 radical (unpaired) electrons. The van der Waals surface area contributed by atoms with Gasteiger partial charge in [-0.1, -0.05) is 12.1 Å². The fourth-order valence-electron chi connectivity index (χ4n) is 0.637. The van der Waals surface area contributed by atoms with E-state index in [-0.39, 0.29) is 5.03 Å². The molecule has 0 aliphatic carbocycles. The third kappa shape index (κ3) is 1.62. The van der Waals surface area contributed by atoms with Crippen LogP contribution in [0.3, 0.4) is 0 Å². The molecule has 0 spiro atoms. The molecule has 0 aromatic carbocycles. The van der Waals surface area contributed by atoms with Crippen molar-refractivity contribution in [3.8, 4) is 0 Å². The molecule has 10 heavy (non-hydrogen) atoms. The molecule has 0 saturated carbocycles. The van der Waals surface area contributed by atoms with E-state index in [4.69, 9.17) is 5.14 Å². The van der Waals surface area contributed by atoms with Gasteiger partial charge in [-0.05, 0) is 6.08 Å². The van der Waals surface area contributed by atoms with Crippen LogP contribution in [0.25, 0.3) is 0 Å². The fraction of sp³-hybridized carbons (Fsp3) is 0. The summed E-state index contributed by atoms with van der Waals surface area (Å²) in [4.78, 5) is 0. The van der Waals surface area contributed by atoms with Crippen LogP contribution < -0.4 is 10.4 Å². The Bertz CT molecular complexity index is 280. The molecule has 1 aliphatic heterocycles. The second kappa shape index (κ2) is 2.47. The van der Waals surface area contributed by atoms with Crippen molar-refractivity contribution in [2.24, 2.45) is 5.14 Å². The first-order valence-corrected chi connectivity index (χ1v) is 4.29. The first kappa shape index (κ1) is 7.36. The van der Waals surface area contributed by atoms with Crippen molar-refractivity contribution in [2.45, 2.75) is 0 Å². The molecular weight excluding hydrogens is 151 g/mol. The fourth-order valence-corrected chi connectivity index (χ4v) is 1.19. The number of primary sulfonamides is 1. The summed E-state index contributed by atoms with van der Waals surface area (Å²) in [5.74, 6) is 1.80. The van der Waals surface area contributed by atoms with E-state index in [0.29, 0.717) is 7.41 Å². The van der Waals surface area contributed by atoms with Crippen LogP contribution in [0.4, 0.5) is 0 Å². The number of allylic oxidation sites excluding steroid dienone is 2. The van der Waals surface area contributed by atoms with E-state index in [1.807, 2.05) is 0 Å². The van der Waals surface area contributed by atoms with Crippen LogP contribution in [-0.4, -0.2) is 15.8 Å². The van der Waals surface area contributed by atoms with E-state index < -0.39 is 10.0 Å². The maximum atomic E-state index is 10.6. The van der Waals surface area contributed by atoms with E-state index >= 15 is 0 Å². The molecule has 1 heterocycles. The topological polar surface area (TPSA) is 72.2 Å². The van der Waals surface area contributed by atoms with Gasteiger partial charge in [0.15, 0.2) is 0 Å². The minimum absolute atomic E-state index is 0.0787. The van der Waals surface area contributed by atoms with E-state index in [2.05, 4.69) is 5.23 Å². The SMILES string of the molecule is NS(=O)(=O)C1=CC=CBN1. The predicted molar refractivity (Wildman–Crippen MR) is 40.6 cm³/mol. The second-order valence-corrected chi connectivity index (χ2v) is 3.41. The van der Waals surface area contributed by atoms with E-state index in [1.165, 1.54) is 6.08 Å². The third-order valence-electron chi connectivity index (χ3n) is 1.08. The summed E-state index contributed by atoms with van der Waals surface area (Å²) >= 11 is 0. The molecule has 0 fully saturated rings. The number of hydrogen-bond donors (Lipinski definition) is 2. The Morgan fingerprint density at radius 1 is 1.60 bits per heavy atom. The normalized spacial score (nSPS) is 17.1. The molecule has 0 saturated heterocycles. The highest BCUT2D eigenvalue weighted by molar-refractivity contribution is 7.93. The van der Waals surface area contributed by atoms with Crippen molar-refractivity contribution in [3.05, 3.63) is 23.2 Å². The predicted octanol–water partition coefficient (Wildman–Crippen LogP) is -1.42. The lowest BCUT2D eigenvalue weighted by atomic mass is 9.93. The molecule has 3 N–H and O–H groups in total. The van der Waals surface area contributed by atoms with E-state index in [1.54, 1.807) is 12.1 Å². The van der Waals surface area contributed by atoms with E-state index in [0.717, 1.165) is 0 Å². The van der Waals surface area contributed by atoms with Crippen molar-refractivity contribution in [3.63, 3.8) is 0 Å². The van der Waals surface area contributed by atoms with Crippen LogP contribution in [0.5, 0.6) is 0 Å². The molecule has 0 bridgehead atoms. The lowest BCUT2D eigenvalue weighted by molar-refractivity contribution is 0.602. The van der Waals surface area contributed by atoms with E-state index in [9.17, 15) is 8.42 Å². The maximum Gasteiger partial charge on any atom is 0.260 e. The summed E-state index contributed by atoms with van der Waals surface area (Å²) in [6.45, 7) is 0. The van der Waals surface area contributed by atoms with Crippen LogP contribution in [0.15, 0.2) is 23.2 Å². The molecule has 6 heteroatoms. The van der Waals surface area contributed by atoms with Gasteiger partial charge < -0.3 is 5.23 Å². The Morgan fingerprint density at radius 2 is 2.30 bits per heavy atom. The number of nitrogens with two attached hydrogens (primary N) is 1. The van der Waals surface area contributed by atoms with Crippen molar-refractivity contribution in [2.75, 3.05) is 0 Å². The Labute approximate surface area is 60.1 Å². The standard InChI is InChI=1S/C4H7BN2O2S/c6-10(8,9)4-2-1-3-5-7-4/h1-3,5,7H,(H2,6,8,9). The molecule has 0 amide bonds. The minimum Gasteiger partial charge on any atom is -0.417 e. The van der Waals surface area contributed by atoms with Gasteiger partial charge in [-0.15, -0.1) is 0 Å². The highest BCUT2D eigenvalue weighted by Gasteiger charge is 2.10. The smallest absolute Gasteiger partial charge is 0.260 e. The Hall–Kier alpha value is -0.745. The van der Waals surface area contributed by atoms with Gasteiger partial charge in [0.2, 0.25) is 0 Å². The van der Waals surface area contributed by atoms with Gasteiger partial charge in [-0.25, -0.2) is 13.6 Å². The van der Waals surface area contributed by atoms with Gasteiger partial charge in [0, 0.05) is 0 Å². The third-order valence-corrected chi connectivity index (χ3v) is 1.98. The summed E-state index contributed by atoms with van der Waals surface area (Å²) in [7, 11) is -3.01. The summed E-state index contributed by atoms with van der Waals surface area (Å²) in [5, 5.41) is 7.52. The molecule has 1 rings (SSSR count). The molecule has 0 aromatic rings. The first-order chi connectivity index (χ1) is 4.61. The monoisotopic (exact) mass is 158 g/mol. The second-order valence-electron chi connectivity index (χ2n) is 1.88. The lowest BCUT2D eigenvalue weighted by Crippen LogP contribution is -2.29.